The number of methoxy groups -OCH3 is 1. The largest absolute Gasteiger partial charge is 0.463 e. The van der Waals surface area contributed by atoms with Crippen LogP contribution < -0.4 is 0 Å². The number of ketones is 1. The molecule has 0 aromatic carbocycles. The van der Waals surface area contributed by atoms with Gasteiger partial charge in [0.05, 0.1) is 26.9 Å². The lowest BCUT2D eigenvalue weighted by atomic mass is 10.4. The van der Waals surface area contributed by atoms with Crippen molar-refractivity contribution in [3.8, 4) is 0 Å². The summed E-state index contributed by atoms with van der Waals surface area (Å²) in [5.41, 5.74) is 0. The standard InChI is InChI=1S/C6H15NO3.C4H6O3/c8-4-1-7(2-5-9)3-6-10;1-3(5)4(6)7-2/h8-10H,1-6H2;1-2H3. The fraction of sp³-hybridized carbons (Fsp3) is 0.800. The minimum atomic E-state index is -0.792. The van der Waals surface area contributed by atoms with Crippen molar-refractivity contribution in [1.82, 2.24) is 4.90 Å². The summed E-state index contributed by atoms with van der Waals surface area (Å²) >= 11 is 0. The second-order valence-electron chi connectivity index (χ2n) is 3.06. The second-order valence-corrected chi connectivity index (χ2v) is 3.06. The monoisotopic (exact) mass is 251 g/mol. The van der Waals surface area contributed by atoms with Crippen molar-refractivity contribution in [3.05, 3.63) is 0 Å². The van der Waals surface area contributed by atoms with Crippen molar-refractivity contribution in [2.45, 2.75) is 6.92 Å². The molecule has 0 radical (unpaired) electrons. The molecule has 17 heavy (non-hydrogen) atoms. The molecule has 0 aromatic rings. The summed E-state index contributed by atoms with van der Waals surface area (Å²) in [6, 6.07) is 0. The quantitative estimate of drug-likeness (QED) is 0.355. The van der Waals surface area contributed by atoms with Gasteiger partial charge in [-0.25, -0.2) is 4.79 Å². The molecule has 0 spiro atoms. The maximum atomic E-state index is 9.94. The lowest BCUT2D eigenvalue weighted by molar-refractivity contribution is -0.150. The molecule has 0 aliphatic carbocycles. The van der Waals surface area contributed by atoms with Crippen LogP contribution in [0.4, 0.5) is 0 Å². The Morgan fingerprint density at radius 1 is 1.00 bits per heavy atom. The van der Waals surface area contributed by atoms with Crippen molar-refractivity contribution in [2.24, 2.45) is 0 Å². The fourth-order valence-corrected chi connectivity index (χ4v) is 0.903. The summed E-state index contributed by atoms with van der Waals surface area (Å²) in [6.45, 7) is 2.91. The number of carbonyl (C=O) groups is 2. The van der Waals surface area contributed by atoms with E-state index in [1.54, 1.807) is 4.90 Å². The van der Waals surface area contributed by atoms with Crippen LogP contribution in [0.1, 0.15) is 6.92 Å². The Balaban J connectivity index is 0. The van der Waals surface area contributed by atoms with E-state index >= 15 is 0 Å². The van der Waals surface area contributed by atoms with Crippen LogP contribution >= 0.6 is 0 Å². The molecule has 0 aliphatic heterocycles. The summed E-state index contributed by atoms with van der Waals surface area (Å²) in [5, 5.41) is 25.5. The van der Waals surface area contributed by atoms with Crippen LogP contribution in [0.5, 0.6) is 0 Å². The molecule has 0 unspecified atom stereocenters. The van der Waals surface area contributed by atoms with E-state index in [0.717, 1.165) is 6.92 Å². The number of rotatable bonds is 7. The van der Waals surface area contributed by atoms with E-state index in [1.165, 1.54) is 7.11 Å². The number of carbonyl (C=O) groups excluding carboxylic acids is 2. The average Bonchev–Trinajstić information content (AvgIpc) is 2.30. The molecular weight excluding hydrogens is 230 g/mol. The molecule has 0 amide bonds. The summed E-state index contributed by atoms with van der Waals surface area (Å²) in [7, 11) is 1.17. The zero-order chi connectivity index (χ0) is 13.7. The molecule has 0 atom stereocenters. The van der Waals surface area contributed by atoms with E-state index in [9.17, 15) is 9.59 Å². The number of nitrogens with zero attached hydrogens (tertiary/aromatic N) is 1. The van der Waals surface area contributed by atoms with Gasteiger partial charge in [-0.05, 0) is 0 Å². The first kappa shape index (κ1) is 18.3. The van der Waals surface area contributed by atoms with Gasteiger partial charge in [-0.15, -0.1) is 0 Å². The molecule has 0 fully saturated rings. The first-order chi connectivity index (χ1) is 8.03. The molecule has 0 aromatic heterocycles. The molecule has 0 saturated heterocycles. The molecule has 102 valence electrons. The van der Waals surface area contributed by atoms with Gasteiger partial charge in [0, 0.05) is 26.6 Å². The normalized spacial score (nSPS) is 9.53. The Labute approximate surface area is 101 Å². The summed E-state index contributed by atoms with van der Waals surface area (Å²) in [4.78, 5) is 21.6. The van der Waals surface area contributed by atoms with Crippen LogP contribution in [0, 0.1) is 0 Å². The van der Waals surface area contributed by atoms with Gasteiger partial charge in [-0.1, -0.05) is 0 Å². The van der Waals surface area contributed by atoms with Crippen LogP contribution in [-0.4, -0.2) is 78.5 Å². The van der Waals surface area contributed by atoms with Gasteiger partial charge in [0.2, 0.25) is 5.78 Å². The Morgan fingerprint density at radius 3 is 1.47 bits per heavy atom. The van der Waals surface area contributed by atoms with Gasteiger partial charge in [0.1, 0.15) is 0 Å². The van der Waals surface area contributed by atoms with Crippen molar-refractivity contribution in [1.29, 1.82) is 0 Å². The molecule has 7 nitrogen and oxygen atoms in total. The van der Waals surface area contributed by atoms with Crippen LogP contribution in [0.3, 0.4) is 0 Å². The lowest BCUT2D eigenvalue weighted by Gasteiger charge is -2.17. The third-order valence-corrected chi connectivity index (χ3v) is 1.72. The van der Waals surface area contributed by atoms with E-state index in [0.29, 0.717) is 19.6 Å². The summed E-state index contributed by atoms with van der Waals surface area (Å²) in [6.07, 6.45) is 0. The van der Waals surface area contributed by atoms with Crippen LogP contribution in [0.15, 0.2) is 0 Å². The number of hydrogen-bond donors (Lipinski definition) is 3. The van der Waals surface area contributed by atoms with Crippen LogP contribution in [0.2, 0.25) is 0 Å². The van der Waals surface area contributed by atoms with Crippen molar-refractivity contribution < 1.29 is 29.6 Å². The number of aliphatic hydroxyl groups is 3. The summed E-state index contributed by atoms with van der Waals surface area (Å²) in [5.74, 6) is -1.36. The molecule has 0 aliphatic rings. The molecule has 0 saturated carbocycles. The summed E-state index contributed by atoms with van der Waals surface area (Å²) < 4.78 is 4.02. The predicted molar refractivity (Wildman–Crippen MR) is 60.4 cm³/mol. The van der Waals surface area contributed by atoms with E-state index < -0.39 is 11.8 Å². The number of hydrogen-bond acceptors (Lipinski definition) is 7. The van der Waals surface area contributed by atoms with Gasteiger partial charge in [-0.3, -0.25) is 9.69 Å². The molecular formula is C10H21NO6. The Kier molecular flexibility index (Phi) is 14.1. The number of ether oxygens (including phenoxy) is 1. The van der Waals surface area contributed by atoms with Crippen molar-refractivity contribution in [2.75, 3.05) is 46.6 Å². The number of aliphatic hydroxyl groups excluding tert-OH is 3. The van der Waals surface area contributed by atoms with Crippen molar-refractivity contribution in [3.63, 3.8) is 0 Å². The van der Waals surface area contributed by atoms with Gasteiger partial charge in [-0.2, -0.15) is 0 Å². The average molecular weight is 251 g/mol. The lowest BCUT2D eigenvalue weighted by Crippen LogP contribution is -2.32. The smallest absolute Gasteiger partial charge is 0.374 e. The molecule has 7 heteroatoms. The van der Waals surface area contributed by atoms with Crippen LogP contribution in [0.25, 0.3) is 0 Å². The fourth-order valence-electron chi connectivity index (χ4n) is 0.903. The maximum Gasteiger partial charge on any atom is 0.374 e. The van der Waals surface area contributed by atoms with Gasteiger partial charge >= 0.3 is 5.97 Å². The molecule has 0 heterocycles. The SMILES string of the molecule is COC(=O)C(C)=O.OCCN(CCO)CCO. The van der Waals surface area contributed by atoms with Crippen molar-refractivity contribution >= 4 is 11.8 Å². The molecule has 3 N–H and O–H groups in total. The minimum absolute atomic E-state index is 0.0694. The second kappa shape index (κ2) is 13.0. The third-order valence-electron chi connectivity index (χ3n) is 1.72. The van der Waals surface area contributed by atoms with E-state index in [2.05, 4.69) is 4.74 Å². The number of esters is 1. The number of Topliss-reactive ketones (excluding diaryl/α,β-unsaturated/α-hetero) is 1. The van der Waals surface area contributed by atoms with Gasteiger partial charge < -0.3 is 20.1 Å². The highest BCUT2D eigenvalue weighted by Gasteiger charge is 2.03. The van der Waals surface area contributed by atoms with Gasteiger partial charge in [0.25, 0.3) is 0 Å². The first-order valence-corrected chi connectivity index (χ1v) is 5.17. The topological polar surface area (TPSA) is 107 Å². The Morgan fingerprint density at radius 2 is 1.35 bits per heavy atom. The van der Waals surface area contributed by atoms with E-state index in [1.807, 2.05) is 0 Å². The highest BCUT2D eigenvalue weighted by molar-refractivity contribution is 6.32. The molecule has 0 rings (SSSR count). The van der Waals surface area contributed by atoms with Crippen LogP contribution in [-0.2, 0) is 14.3 Å². The highest BCUT2D eigenvalue weighted by atomic mass is 16.5. The third kappa shape index (κ3) is 12.9. The van der Waals surface area contributed by atoms with E-state index in [4.69, 9.17) is 15.3 Å². The molecule has 0 bridgehead atoms. The van der Waals surface area contributed by atoms with Gasteiger partial charge in [0.15, 0.2) is 0 Å². The Hall–Kier alpha value is -1.02. The minimum Gasteiger partial charge on any atom is -0.463 e. The Bertz CT molecular complexity index is 195. The highest BCUT2D eigenvalue weighted by Crippen LogP contribution is 1.84. The zero-order valence-corrected chi connectivity index (χ0v) is 10.3. The first-order valence-electron chi connectivity index (χ1n) is 5.17. The zero-order valence-electron chi connectivity index (χ0n) is 10.3. The van der Waals surface area contributed by atoms with E-state index in [-0.39, 0.29) is 19.8 Å². The maximum absolute atomic E-state index is 9.94. The predicted octanol–water partition coefficient (Wildman–Crippen LogP) is -1.99.